The SMILES string of the molecule is COc1c(F)cc(OS(C)(=O)=O)c(F)c1F. The number of hydrogen-bond acceptors (Lipinski definition) is 4. The molecule has 1 aromatic rings. The van der Waals surface area contributed by atoms with Gasteiger partial charge in [0, 0.05) is 6.07 Å². The van der Waals surface area contributed by atoms with Crippen molar-refractivity contribution >= 4 is 10.1 Å². The fourth-order valence-corrected chi connectivity index (χ4v) is 1.41. The van der Waals surface area contributed by atoms with Crippen LogP contribution < -0.4 is 8.92 Å². The first-order valence-corrected chi connectivity index (χ1v) is 5.69. The van der Waals surface area contributed by atoms with Crippen molar-refractivity contribution in [1.29, 1.82) is 0 Å². The van der Waals surface area contributed by atoms with Crippen molar-refractivity contribution in [2.24, 2.45) is 0 Å². The lowest BCUT2D eigenvalue weighted by Gasteiger charge is -2.08. The molecule has 0 bridgehead atoms. The maximum Gasteiger partial charge on any atom is 0.306 e. The molecule has 0 radical (unpaired) electrons. The molecule has 0 aliphatic heterocycles. The van der Waals surface area contributed by atoms with Crippen LogP contribution in [0.5, 0.6) is 11.5 Å². The molecule has 0 amide bonds. The van der Waals surface area contributed by atoms with E-state index in [9.17, 15) is 21.6 Å². The molecular weight excluding hydrogens is 249 g/mol. The quantitative estimate of drug-likeness (QED) is 0.606. The van der Waals surface area contributed by atoms with Crippen LogP contribution in [0.4, 0.5) is 13.2 Å². The summed E-state index contributed by atoms with van der Waals surface area (Å²) in [5, 5.41) is 0. The van der Waals surface area contributed by atoms with Crippen molar-refractivity contribution in [1.82, 2.24) is 0 Å². The molecule has 0 spiro atoms. The molecule has 0 heterocycles. The summed E-state index contributed by atoms with van der Waals surface area (Å²) < 4.78 is 68.9. The van der Waals surface area contributed by atoms with E-state index in [2.05, 4.69) is 8.92 Å². The minimum atomic E-state index is -4.07. The molecule has 0 aromatic heterocycles. The zero-order valence-corrected chi connectivity index (χ0v) is 9.07. The van der Waals surface area contributed by atoms with Gasteiger partial charge in [-0.1, -0.05) is 0 Å². The lowest BCUT2D eigenvalue weighted by Crippen LogP contribution is -2.09. The normalized spacial score (nSPS) is 11.3. The minimum absolute atomic E-state index is 0.387. The number of halogens is 3. The van der Waals surface area contributed by atoms with Crippen LogP contribution in [0.15, 0.2) is 6.07 Å². The first kappa shape index (κ1) is 12.6. The first-order valence-electron chi connectivity index (χ1n) is 3.87. The van der Waals surface area contributed by atoms with Crippen LogP contribution in [0.3, 0.4) is 0 Å². The smallest absolute Gasteiger partial charge is 0.306 e. The molecule has 0 fully saturated rings. The van der Waals surface area contributed by atoms with E-state index in [0.717, 1.165) is 7.11 Å². The van der Waals surface area contributed by atoms with E-state index in [1.165, 1.54) is 0 Å². The highest BCUT2D eigenvalue weighted by Gasteiger charge is 2.22. The number of hydrogen-bond donors (Lipinski definition) is 0. The van der Waals surface area contributed by atoms with Gasteiger partial charge in [-0.25, -0.2) is 4.39 Å². The monoisotopic (exact) mass is 256 g/mol. The fourth-order valence-electron chi connectivity index (χ4n) is 0.968. The van der Waals surface area contributed by atoms with Crippen LogP contribution in [0, 0.1) is 17.5 Å². The van der Waals surface area contributed by atoms with E-state index in [1.807, 2.05) is 0 Å². The summed E-state index contributed by atoms with van der Waals surface area (Å²) in [4.78, 5) is 0. The molecule has 8 heteroatoms. The molecule has 0 saturated heterocycles. The van der Waals surface area contributed by atoms with Gasteiger partial charge in [0.2, 0.25) is 11.6 Å². The molecule has 0 aliphatic carbocycles. The van der Waals surface area contributed by atoms with Crippen LogP contribution in [0.2, 0.25) is 0 Å². The van der Waals surface area contributed by atoms with E-state index < -0.39 is 39.1 Å². The number of ether oxygens (including phenoxy) is 1. The summed E-state index contributed by atoms with van der Waals surface area (Å²) in [6.45, 7) is 0. The van der Waals surface area contributed by atoms with Crippen LogP contribution in [-0.2, 0) is 10.1 Å². The highest BCUT2D eigenvalue weighted by atomic mass is 32.2. The van der Waals surface area contributed by atoms with E-state index in [-0.39, 0.29) is 0 Å². The van der Waals surface area contributed by atoms with Gasteiger partial charge in [-0.05, 0) is 0 Å². The Kier molecular flexibility index (Phi) is 3.32. The van der Waals surface area contributed by atoms with Crippen molar-refractivity contribution in [3.8, 4) is 11.5 Å². The fraction of sp³-hybridized carbons (Fsp3) is 0.250. The van der Waals surface area contributed by atoms with Crippen LogP contribution in [-0.4, -0.2) is 21.8 Å². The molecule has 1 rings (SSSR count). The Labute approximate surface area is 89.7 Å². The Bertz CT molecular complexity index is 513. The van der Waals surface area contributed by atoms with Crippen LogP contribution >= 0.6 is 0 Å². The van der Waals surface area contributed by atoms with Crippen LogP contribution in [0.1, 0.15) is 0 Å². The Balaban J connectivity index is 3.34. The van der Waals surface area contributed by atoms with Gasteiger partial charge in [0.15, 0.2) is 17.3 Å². The Morgan fingerprint density at radius 3 is 2.19 bits per heavy atom. The van der Waals surface area contributed by atoms with Crippen molar-refractivity contribution in [3.05, 3.63) is 23.5 Å². The zero-order valence-electron chi connectivity index (χ0n) is 8.25. The van der Waals surface area contributed by atoms with Gasteiger partial charge in [0.05, 0.1) is 13.4 Å². The van der Waals surface area contributed by atoms with Crippen molar-refractivity contribution < 1.29 is 30.5 Å². The third-order valence-electron chi connectivity index (χ3n) is 1.53. The lowest BCUT2D eigenvalue weighted by molar-refractivity contribution is 0.339. The second kappa shape index (κ2) is 4.20. The molecule has 0 aliphatic rings. The minimum Gasteiger partial charge on any atom is -0.491 e. The molecular formula is C8H7F3O4S. The van der Waals surface area contributed by atoms with Crippen molar-refractivity contribution in [3.63, 3.8) is 0 Å². The molecule has 0 atom stereocenters. The molecule has 0 saturated carbocycles. The molecule has 4 nitrogen and oxygen atoms in total. The maximum absolute atomic E-state index is 13.1. The van der Waals surface area contributed by atoms with Gasteiger partial charge in [-0.15, -0.1) is 0 Å². The standard InChI is InChI=1S/C8H7F3O4S/c1-14-8-4(9)3-5(6(10)7(8)11)15-16(2,12)13/h3H,1-2H3. The van der Waals surface area contributed by atoms with Gasteiger partial charge < -0.3 is 8.92 Å². The molecule has 0 N–H and O–H groups in total. The lowest BCUT2D eigenvalue weighted by atomic mass is 10.3. The summed E-state index contributed by atoms with van der Waals surface area (Å²) >= 11 is 0. The average molecular weight is 256 g/mol. The summed E-state index contributed by atoms with van der Waals surface area (Å²) in [7, 11) is -3.12. The topological polar surface area (TPSA) is 52.6 Å². The maximum atomic E-state index is 13.1. The molecule has 1 aromatic carbocycles. The van der Waals surface area contributed by atoms with E-state index in [1.54, 1.807) is 0 Å². The van der Waals surface area contributed by atoms with Gasteiger partial charge in [0.25, 0.3) is 0 Å². The number of methoxy groups -OCH3 is 1. The number of benzene rings is 1. The highest BCUT2D eigenvalue weighted by molar-refractivity contribution is 7.86. The van der Waals surface area contributed by atoms with Gasteiger partial charge in [-0.3, -0.25) is 0 Å². The number of rotatable bonds is 3. The third-order valence-corrected chi connectivity index (χ3v) is 2.01. The Morgan fingerprint density at radius 1 is 1.19 bits per heavy atom. The largest absolute Gasteiger partial charge is 0.491 e. The highest BCUT2D eigenvalue weighted by Crippen LogP contribution is 2.31. The Hall–Kier alpha value is -1.44. The molecule has 90 valence electrons. The second-order valence-corrected chi connectivity index (χ2v) is 4.38. The average Bonchev–Trinajstić information content (AvgIpc) is 2.12. The summed E-state index contributed by atoms with van der Waals surface area (Å²) in [5.74, 6) is -6.55. The van der Waals surface area contributed by atoms with E-state index >= 15 is 0 Å². The van der Waals surface area contributed by atoms with E-state index in [0.29, 0.717) is 12.3 Å². The summed E-state index contributed by atoms with van der Waals surface area (Å²) in [6.07, 6.45) is 0.618. The first-order chi connectivity index (χ1) is 7.26. The van der Waals surface area contributed by atoms with Crippen LogP contribution in [0.25, 0.3) is 0 Å². The van der Waals surface area contributed by atoms with Crippen molar-refractivity contribution in [2.75, 3.05) is 13.4 Å². The van der Waals surface area contributed by atoms with Gasteiger partial charge in [0.1, 0.15) is 0 Å². The van der Waals surface area contributed by atoms with E-state index in [4.69, 9.17) is 0 Å². The van der Waals surface area contributed by atoms with Crippen molar-refractivity contribution in [2.45, 2.75) is 0 Å². The van der Waals surface area contributed by atoms with Gasteiger partial charge >= 0.3 is 10.1 Å². The molecule has 0 unspecified atom stereocenters. The molecule has 16 heavy (non-hydrogen) atoms. The predicted octanol–water partition coefficient (Wildman–Crippen LogP) is 1.45. The Morgan fingerprint density at radius 2 is 1.75 bits per heavy atom. The predicted molar refractivity (Wildman–Crippen MR) is 48.3 cm³/mol. The summed E-state index contributed by atoms with van der Waals surface area (Å²) in [6, 6.07) is 0.387. The zero-order chi connectivity index (χ0) is 12.5. The summed E-state index contributed by atoms with van der Waals surface area (Å²) in [5.41, 5.74) is 0. The second-order valence-electron chi connectivity index (χ2n) is 2.81. The third kappa shape index (κ3) is 2.57. The van der Waals surface area contributed by atoms with Gasteiger partial charge in [-0.2, -0.15) is 17.2 Å².